The Morgan fingerprint density at radius 1 is 1.19 bits per heavy atom. The average Bonchev–Trinajstić information content (AvgIpc) is 2.91. The highest BCUT2D eigenvalue weighted by Gasteiger charge is 2.19. The number of para-hydroxylation sites is 1. The Morgan fingerprint density at radius 2 is 2.00 bits per heavy atom. The second-order valence-corrected chi connectivity index (χ2v) is 5.39. The summed E-state index contributed by atoms with van der Waals surface area (Å²) in [5.74, 6) is 1.02. The summed E-state index contributed by atoms with van der Waals surface area (Å²) in [6.07, 6.45) is 4.68. The Bertz CT molecular complexity index is 763. The first-order valence-corrected chi connectivity index (χ1v) is 7.65. The van der Waals surface area contributed by atoms with Crippen molar-refractivity contribution in [2.24, 2.45) is 0 Å². The van der Waals surface area contributed by atoms with Crippen LogP contribution in [-0.2, 0) is 6.42 Å². The number of hydrogen-bond donors (Lipinski definition) is 1. The Morgan fingerprint density at radius 3 is 2.71 bits per heavy atom. The molecule has 0 bridgehead atoms. The van der Waals surface area contributed by atoms with Crippen LogP contribution in [0.2, 0.25) is 0 Å². The number of aryl methyl sites for hydroxylation is 1. The smallest absolute Gasteiger partial charge is 0.110 e. The normalized spacial score (nSPS) is 13.1. The lowest BCUT2D eigenvalue weighted by Crippen LogP contribution is -2.15. The van der Waals surface area contributed by atoms with Gasteiger partial charge in [-0.25, -0.2) is 4.98 Å². The van der Waals surface area contributed by atoms with E-state index >= 15 is 0 Å². The summed E-state index contributed by atoms with van der Waals surface area (Å²) in [7, 11) is 0. The topological polar surface area (TPSA) is 50.9 Å². The molecular weight excluding hydrogens is 262 g/mol. The Balaban J connectivity index is 2.36. The molecular formula is C17H21N3O. The molecule has 0 radical (unpaired) electrons. The number of benzene rings is 1. The molecule has 0 amide bonds. The number of fused-ring (bicyclic) bond motifs is 3. The van der Waals surface area contributed by atoms with E-state index in [1.807, 2.05) is 24.4 Å². The van der Waals surface area contributed by atoms with Crippen molar-refractivity contribution in [1.29, 1.82) is 0 Å². The first-order chi connectivity index (χ1) is 10.3. The minimum Gasteiger partial charge on any atom is -0.394 e. The molecule has 4 heteroatoms. The molecule has 0 saturated carbocycles. The van der Waals surface area contributed by atoms with Gasteiger partial charge in [0.25, 0.3) is 0 Å². The molecule has 0 aliphatic heterocycles. The van der Waals surface area contributed by atoms with Crippen LogP contribution in [-0.4, -0.2) is 26.2 Å². The fourth-order valence-electron chi connectivity index (χ4n) is 3.05. The number of nitrogens with zero attached hydrogens (tertiary/aromatic N) is 3. The van der Waals surface area contributed by atoms with E-state index in [1.165, 1.54) is 0 Å². The molecule has 0 spiro atoms. The molecule has 0 aliphatic carbocycles. The van der Waals surface area contributed by atoms with E-state index in [0.29, 0.717) is 0 Å². The predicted octanol–water partition coefficient (Wildman–Crippen LogP) is 3.48. The molecule has 3 rings (SSSR count). The summed E-state index contributed by atoms with van der Waals surface area (Å²) >= 11 is 0. The van der Waals surface area contributed by atoms with Gasteiger partial charge in [-0.15, -0.1) is 0 Å². The number of aliphatic hydroxyl groups excluding tert-OH is 1. The van der Waals surface area contributed by atoms with Gasteiger partial charge in [0.2, 0.25) is 0 Å². The number of aromatic nitrogens is 3. The molecule has 2 aromatic heterocycles. The Hall–Kier alpha value is -1.94. The number of imidazole rings is 1. The summed E-state index contributed by atoms with van der Waals surface area (Å²) in [5.41, 5.74) is 2.99. The molecule has 1 atom stereocenters. The van der Waals surface area contributed by atoms with Gasteiger partial charge in [0.1, 0.15) is 11.3 Å². The monoisotopic (exact) mass is 283 g/mol. The van der Waals surface area contributed by atoms with Crippen molar-refractivity contribution < 1.29 is 5.11 Å². The van der Waals surface area contributed by atoms with Crippen LogP contribution in [0.15, 0.2) is 30.5 Å². The molecule has 110 valence electrons. The van der Waals surface area contributed by atoms with Crippen molar-refractivity contribution in [2.75, 3.05) is 6.61 Å². The van der Waals surface area contributed by atoms with Gasteiger partial charge >= 0.3 is 0 Å². The van der Waals surface area contributed by atoms with Crippen molar-refractivity contribution in [3.63, 3.8) is 0 Å². The number of aliphatic hydroxyl groups is 1. The Labute approximate surface area is 124 Å². The third kappa shape index (κ3) is 2.29. The van der Waals surface area contributed by atoms with Crippen molar-refractivity contribution in [2.45, 2.75) is 39.2 Å². The van der Waals surface area contributed by atoms with Gasteiger partial charge in [-0.1, -0.05) is 38.5 Å². The largest absolute Gasteiger partial charge is 0.394 e. The highest BCUT2D eigenvalue weighted by molar-refractivity contribution is 6.02. The van der Waals surface area contributed by atoms with Crippen LogP contribution in [0, 0.1) is 0 Å². The zero-order chi connectivity index (χ0) is 14.8. The van der Waals surface area contributed by atoms with Crippen LogP contribution in [0.4, 0.5) is 0 Å². The van der Waals surface area contributed by atoms with Crippen molar-refractivity contribution in [3.8, 4) is 0 Å². The minimum absolute atomic E-state index is 0.0840. The predicted molar refractivity (Wildman–Crippen MR) is 85.4 cm³/mol. The highest BCUT2D eigenvalue weighted by atomic mass is 16.3. The third-order valence-electron chi connectivity index (χ3n) is 4.01. The maximum Gasteiger partial charge on any atom is 0.110 e. The quantitative estimate of drug-likeness (QED) is 0.780. The maximum atomic E-state index is 9.82. The summed E-state index contributed by atoms with van der Waals surface area (Å²) < 4.78 is 2.23. The van der Waals surface area contributed by atoms with Crippen LogP contribution < -0.4 is 0 Å². The molecule has 0 fully saturated rings. The minimum atomic E-state index is 0.0840. The van der Waals surface area contributed by atoms with Crippen LogP contribution in [0.5, 0.6) is 0 Å². The van der Waals surface area contributed by atoms with Gasteiger partial charge in [0.15, 0.2) is 0 Å². The van der Waals surface area contributed by atoms with Gasteiger partial charge in [-0.05, 0) is 12.5 Å². The molecule has 1 N–H and O–H groups in total. The van der Waals surface area contributed by atoms with Crippen LogP contribution in [0.25, 0.3) is 21.9 Å². The summed E-state index contributed by atoms with van der Waals surface area (Å²) in [6, 6.07) is 8.22. The molecule has 0 saturated heterocycles. The lowest BCUT2D eigenvalue weighted by Gasteiger charge is -2.19. The van der Waals surface area contributed by atoms with Crippen molar-refractivity contribution >= 4 is 21.9 Å². The maximum absolute atomic E-state index is 9.82. The van der Waals surface area contributed by atoms with Crippen molar-refractivity contribution in [1.82, 2.24) is 14.5 Å². The molecule has 0 aliphatic rings. The van der Waals surface area contributed by atoms with Crippen LogP contribution in [0.1, 0.15) is 38.6 Å². The molecule has 4 nitrogen and oxygen atoms in total. The fraction of sp³-hybridized carbons (Fsp3) is 0.412. The van der Waals surface area contributed by atoms with E-state index in [0.717, 1.165) is 47.0 Å². The second-order valence-electron chi connectivity index (χ2n) is 5.39. The standard InChI is InChI=1S/C17H21N3O/c1-3-7-12(11-21)20-16(4-2)19-15-10-18-14-9-6-5-8-13(14)17(15)20/h5-6,8-10,12,21H,3-4,7,11H2,1-2H3/t12-/m0/s1. The molecule has 2 heterocycles. The number of hydrogen-bond acceptors (Lipinski definition) is 3. The van der Waals surface area contributed by atoms with E-state index in [2.05, 4.69) is 29.5 Å². The van der Waals surface area contributed by atoms with Gasteiger partial charge < -0.3 is 9.67 Å². The summed E-state index contributed by atoms with van der Waals surface area (Å²) in [5, 5.41) is 10.9. The lowest BCUT2D eigenvalue weighted by molar-refractivity contribution is 0.220. The average molecular weight is 283 g/mol. The molecule has 0 unspecified atom stereocenters. The highest BCUT2D eigenvalue weighted by Crippen LogP contribution is 2.29. The van der Waals surface area contributed by atoms with E-state index in [4.69, 9.17) is 4.98 Å². The van der Waals surface area contributed by atoms with Gasteiger partial charge in [-0.2, -0.15) is 0 Å². The first kappa shape index (κ1) is 14.0. The first-order valence-electron chi connectivity index (χ1n) is 7.65. The van der Waals surface area contributed by atoms with Crippen molar-refractivity contribution in [3.05, 3.63) is 36.3 Å². The Kier molecular flexibility index (Phi) is 3.88. The van der Waals surface area contributed by atoms with Gasteiger partial charge in [0, 0.05) is 11.8 Å². The fourth-order valence-corrected chi connectivity index (χ4v) is 3.05. The van der Waals surface area contributed by atoms with E-state index in [1.54, 1.807) is 0 Å². The van der Waals surface area contributed by atoms with E-state index < -0.39 is 0 Å². The number of rotatable bonds is 5. The van der Waals surface area contributed by atoms with Gasteiger partial charge in [-0.3, -0.25) is 4.98 Å². The molecule has 3 aromatic rings. The number of pyridine rings is 1. The summed E-state index contributed by atoms with van der Waals surface area (Å²) in [4.78, 5) is 9.21. The second kappa shape index (κ2) is 5.82. The van der Waals surface area contributed by atoms with E-state index in [-0.39, 0.29) is 12.6 Å². The lowest BCUT2D eigenvalue weighted by atomic mass is 10.1. The van der Waals surface area contributed by atoms with Crippen LogP contribution in [0.3, 0.4) is 0 Å². The van der Waals surface area contributed by atoms with Crippen LogP contribution >= 0.6 is 0 Å². The third-order valence-corrected chi connectivity index (χ3v) is 4.01. The molecule has 21 heavy (non-hydrogen) atoms. The summed E-state index contributed by atoms with van der Waals surface area (Å²) in [6.45, 7) is 4.39. The molecule has 1 aromatic carbocycles. The zero-order valence-electron chi connectivity index (χ0n) is 12.6. The SMILES string of the molecule is CCC[C@@H](CO)n1c(CC)nc2cnc3ccccc3c21. The zero-order valence-corrected chi connectivity index (χ0v) is 12.6. The van der Waals surface area contributed by atoms with E-state index in [9.17, 15) is 5.11 Å². The van der Waals surface area contributed by atoms with Gasteiger partial charge in [0.05, 0.1) is 29.9 Å².